The third-order valence-electron chi connectivity index (χ3n) is 2.15. The van der Waals surface area contributed by atoms with Gasteiger partial charge in [-0.15, -0.1) is 0 Å². The standard InChI is InChI=1S/C11H15BrFNO/c1-8(14-4-5-15)6-9-2-3-10(12)7-11(9)13/h2-3,7-8,14-15H,4-6H2,1H3. The van der Waals surface area contributed by atoms with E-state index < -0.39 is 0 Å². The highest BCUT2D eigenvalue weighted by Gasteiger charge is 2.07. The molecule has 0 saturated carbocycles. The van der Waals surface area contributed by atoms with Crippen LogP contribution in [0.25, 0.3) is 0 Å². The molecule has 0 saturated heterocycles. The molecule has 2 nitrogen and oxygen atoms in total. The van der Waals surface area contributed by atoms with Crippen LogP contribution in [0.3, 0.4) is 0 Å². The predicted octanol–water partition coefficient (Wildman–Crippen LogP) is 2.10. The van der Waals surface area contributed by atoms with Gasteiger partial charge in [-0.3, -0.25) is 0 Å². The highest BCUT2D eigenvalue weighted by atomic mass is 79.9. The monoisotopic (exact) mass is 275 g/mol. The predicted molar refractivity (Wildman–Crippen MR) is 62.4 cm³/mol. The van der Waals surface area contributed by atoms with Gasteiger partial charge in [0.05, 0.1) is 6.61 Å². The van der Waals surface area contributed by atoms with Crippen molar-refractivity contribution in [1.29, 1.82) is 0 Å². The molecule has 1 rings (SSSR count). The molecule has 0 bridgehead atoms. The number of benzene rings is 1. The molecule has 0 spiro atoms. The normalized spacial score (nSPS) is 12.8. The van der Waals surface area contributed by atoms with Crippen LogP contribution in [-0.4, -0.2) is 24.3 Å². The van der Waals surface area contributed by atoms with Crippen molar-refractivity contribution < 1.29 is 9.50 Å². The van der Waals surface area contributed by atoms with Gasteiger partial charge in [-0.25, -0.2) is 4.39 Å². The summed E-state index contributed by atoms with van der Waals surface area (Å²) in [6, 6.07) is 5.23. The minimum absolute atomic E-state index is 0.104. The SMILES string of the molecule is CC(Cc1ccc(Br)cc1F)NCCO. The van der Waals surface area contributed by atoms with Gasteiger partial charge in [-0.2, -0.15) is 0 Å². The first kappa shape index (κ1) is 12.6. The molecule has 0 aliphatic carbocycles. The zero-order valence-corrected chi connectivity index (χ0v) is 10.2. The van der Waals surface area contributed by atoms with E-state index in [2.05, 4.69) is 21.2 Å². The largest absolute Gasteiger partial charge is 0.395 e. The van der Waals surface area contributed by atoms with Crippen molar-refractivity contribution in [2.45, 2.75) is 19.4 Å². The Labute approximate surface area is 97.6 Å². The molecular formula is C11H15BrFNO. The van der Waals surface area contributed by atoms with E-state index in [1.54, 1.807) is 6.07 Å². The summed E-state index contributed by atoms with van der Waals surface area (Å²) >= 11 is 3.22. The Hall–Kier alpha value is -0.450. The average Bonchev–Trinajstić information content (AvgIpc) is 2.19. The second-order valence-corrected chi connectivity index (χ2v) is 4.43. The van der Waals surface area contributed by atoms with Gasteiger partial charge in [-0.05, 0) is 31.0 Å². The summed E-state index contributed by atoms with van der Waals surface area (Å²) in [6.07, 6.45) is 0.624. The van der Waals surface area contributed by atoms with E-state index in [-0.39, 0.29) is 18.5 Å². The Morgan fingerprint density at radius 3 is 2.87 bits per heavy atom. The van der Waals surface area contributed by atoms with Gasteiger partial charge in [0, 0.05) is 17.1 Å². The van der Waals surface area contributed by atoms with E-state index in [9.17, 15) is 4.39 Å². The molecule has 0 radical (unpaired) electrons. The molecule has 0 fully saturated rings. The smallest absolute Gasteiger partial charge is 0.127 e. The van der Waals surface area contributed by atoms with Crippen LogP contribution in [0.2, 0.25) is 0 Å². The molecule has 4 heteroatoms. The minimum atomic E-state index is -0.193. The van der Waals surface area contributed by atoms with Gasteiger partial charge in [0.1, 0.15) is 5.82 Å². The number of aliphatic hydroxyl groups is 1. The second-order valence-electron chi connectivity index (χ2n) is 3.52. The van der Waals surface area contributed by atoms with Crippen molar-refractivity contribution in [3.8, 4) is 0 Å². The quantitative estimate of drug-likeness (QED) is 0.863. The molecule has 0 amide bonds. The number of hydrogen-bond acceptors (Lipinski definition) is 2. The number of hydrogen-bond donors (Lipinski definition) is 2. The molecular weight excluding hydrogens is 261 g/mol. The molecule has 1 unspecified atom stereocenters. The van der Waals surface area contributed by atoms with Gasteiger partial charge in [0.25, 0.3) is 0 Å². The van der Waals surface area contributed by atoms with Crippen LogP contribution in [0.5, 0.6) is 0 Å². The van der Waals surface area contributed by atoms with Crippen LogP contribution in [-0.2, 0) is 6.42 Å². The van der Waals surface area contributed by atoms with Gasteiger partial charge < -0.3 is 10.4 Å². The van der Waals surface area contributed by atoms with Gasteiger partial charge in [0.2, 0.25) is 0 Å². The fraction of sp³-hybridized carbons (Fsp3) is 0.455. The third kappa shape index (κ3) is 4.28. The minimum Gasteiger partial charge on any atom is -0.395 e. The van der Waals surface area contributed by atoms with Crippen LogP contribution >= 0.6 is 15.9 Å². The Bertz CT molecular complexity index is 319. The first-order valence-electron chi connectivity index (χ1n) is 4.91. The Kier molecular flexibility index (Phi) is 5.22. The zero-order chi connectivity index (χ0) is 11.3. The molecule has 1 aromatic carbocycles. The summed E-state index contributed by atoms with van der Waals surface area (Å²) in [6.45, 7) is 2.61. The van der Waals surface area contributed by atoms with Gasteiger partial charge in [-0.1, -0.05) is 22.0 Å². The molecule has 1 atom stereocenters. The first-order chi connectivity index (χ1) is 7.13. The lowest BCUT2D eigenvalue weighted by molar-refractivity contribution is 0.285. The number of halogens is 2. The molecule has 15 heavy (non-hydrogen) atoms. The zero-order valence-electron chi connectivity index (χ0n) is 8.63. The number of nitrogens with one attached hydrogen (secondary N) is 1. The maximum atomic E-state index is 13.4. The summed E-state index contributed by atoms with van der Waals surface area (Å²) < 4.78 is 14.2. The van der Waals surface area contributed by atoms with Gasteiger partial charge in [0.15, 0.2) is 0 Å². The maximum Gasteiger partial charge on any atom is 0.127 e. The summed E-state index contributed by atoms with van der Waals surface area (Å²) in [4.78, 5) is 0. The summed E-state index contributed by atoms with van der Waals surface area (Å²) in [5.74, 6) is -0.193. The Morgan fingerprint density at radius 1 is 1.53 bits per heavy atom. The summed E-state index contributed by atoms with van der Waals surface area (Å²) in [5, 5.41) is 11.7. The van der Waals surface area contributed by atoms with Crippen molar-refractivity contribution in [2.75, 3.05) is 13.2 Å². The van der Waals surface area contributed by atoms with E-state index >= 15 is 0 Å². The first-order valence-corrected chi connectivity index (χ1v) is 5.71. The van der Waals surface area contributed by atoms with Crippen LogP contribution in [0, 0.1) is 5.82 Å². The fourth-order valence-corrected chi connectivity index (χ4v) is 1.73. The Morgan fingerprint density at radius 2 is 2.27 bits per heavy atom. The molecule has 0 aliphatic rings. The summed E-state index contributed by atoms with van der Waals surface area (Å²) in [5.41, 5.74) is 0.691. The van der Waals surface area contributed by atoms with Crippen LogP contribution in [0.4, 0.5) is 4.39 Å². The average molecular weight is 276 g/mol. The van der Waals surface area contributed by atoms with E-state index in [1.807, 2.05) is 13.0 Å². The second kappa shape index (κ2) is 6.20. The van der Waals surface area contributed by atoms with Crippen LogP contribution in [0.15, 0.2) is 22.7 Å². The van der Waals surface area contributed by atoms with Gasteiger partial charge >= 0.3 is 0 Å². The van der Waals surface area contributed by atoms with Crippen molar-refractivity contribution in [3.05, 3.63) is 34.1 Å². The summed E-state index contributed by atoms with van der Waals surface area (Å²) in [7, 11) is 0. The van der Waals surface area contributed by atoms with E-state index in [4.69, 9.17) is 5.11 Å². The van der Waals surface area contributed by atoms with Crippen molar-refractivity contribution in [3.63, 3.8) is 0 Å². The van der Waals surface area contributed by atoms with Crippen molar-refractivity contribution in [1.82, 2.24) is 5.32 Å². The number of aliphatic hydroxyl groups excluding tert-OH is 1. The van der Waals surface area contributed by atoms with E-state index in [0.29, 0.717) is 18.5 Å². The molecule has 0 heterocycles. The topological polar surface area (TPSA) is 32.3 Å². The molecule has 1 aromatic rings. The number of rotatable bonds is 5. The van der Waals surface area contributed by atoms with Crippen molar-refractivity contribution >= 4 is 15.9 Å². The fourth-order valence-electron chi connectivity index (χ4n) is 1.40. The maximum absolute atomic E-state index is 13.4. The Balaban J connectivity index is 2.56. The highest BCUT2D eigenvalue weighted by Crippen LogP contribution is 2.16. The van der Waals surface area contributed by atoms with Crippen LogP contribution < -0.4 is 5.32 Å². The lowest BCUT2D eigenvalue weighted by Crippen LogP contribution is -2.30. The van der Waals surface area contributed by atoms with Crippen LogP contribution in [0.1, 0.15) is 12.5 Å². The molecule has 0 aliphatic heterocycles. The third-order valence-corrected chi connectivity index (χ3v) is 2.64. The van der Waals surface area contributed by atoms with Crippen molar-refractivity contribution in [2.24, 2.45) is 0 Å². The van der Waals surface area contributed by atoms with E-state index in [1.165, 1.54) is 6.07 Å². The molecule has 84 valence electrons. The lowest BCUT2D eigenvalue weighted by atomic mass is 10.1. The van der Waals surface area contributed by atoms with E-state index in [0.717, 1.165) is 4.47 Å². The molecule has 2 N–H and O–H groups in total. The molecule has 0 aromatic heterocycles. The lowest BCUT2D eigenvalue weighted by Gasteiger charge is -2.13. The highest BCUT2D eigenvalue weighted by molar-refractivity contribution is 9.10.